The van der Waals surface area contributed by atoms with E-state index in [1.165, 1.54) is 13.2 Å². The van der Waals surface area contributed by atoms with E-state index in [4.69, 9.17) is 14.6 Å². The van der Waals surface area contributed by atoms with E-state index in [2.05, 4.69) is 0 Å². The third kappa shape index (κ3) is 4.08. The van der Waals surface area contributed by atoms with Gasteiger partial charge in [0.2, 0.25) is 0 Å². The van der Waals surface area contributed by atoms with Crippen molar-refractivity contribution in [3.05, 3.63) is 28.7 Å². The summed E-state index contributed by atoms with van der Waals surface area (Å²) in [7, 11) is 1.51. The van der Waals surface area contributed by atoms with E-state index in [1.807, 2.05) is 13.8 Å². The lowest BCUT2D eigenvalue weighted by Gasteiger charge is -2.13. The van der Waals surface area contributed by atoms with Gasteiger partial charge in [-0.2, -0.15) is 0 Å². The van der Waals surface area contributed by atoms with Crippen molar-refractivity contribution in [2.75, 3.05) is 13.7 Å². The Kier molecular flexibility index (Phi) is 5.50. The summed E-state index contributed by atoms with van der Waals surface area (Å²) in [5.74, 6) is -0.782. The maximum Gasteiger partial charge on any atom is 0.323 e. The zero-order valence-electron chi connectivity index (χ0n) is 13.4. The summed E-state index contributed by atoms with van der Waals surface area (Å²) in [6.07, 6.45) is 1.51. The molecule has 1 aromatic carbocycles. The molecule has 0 saturated carbocycles. The Morgan fingerprint density at radius 1 is 1.33 bits per heavy atom. The van der Waals surface area contributed by atoms with Gasteiger partial charge in [0.05, 0.1) is 18.1 Å². The number of rotatable bonds is 6. The second-order valence-electron chi connectivity index (χ2n) is 5.24. The number of hydrogen-bond acceptors (Lipinski definition) is 6. The molecule has 1 fully saturated rings. The van der Waals surface area contributed by atoms with E-state index in [0.29, 0.717) is 33.7 Å². The third-order valence-electron chi connectivity index (χ3n) is 3.02. The van der Waals surface area contributed by atoms with Crippen molar-refractivity contribution in [1.29, 1.82) is 0 Å². The van der Waals surface area contributed by atoms with E-state index in [0.717, 1.165) is 0 Å². The van der Waals surface area contributed by atoms with Gasteiger partial charge in [-0.15, -0.1) is 0 Å². The smallest absolute Gasteiger partial charge is 0.323 e. The number of carbonyl (C=O) groups excluding carboxylic acids is 2. The van der Waals surface area contributed by atoms with Gasteiger partial charge in [0.1, 0.15) is 6.54 Å². The highest BCUT2D eigenvalue weighted by atomic mass is 32.2. The Bertz CT molecular complexity index is 713. The van der Waals surface area contributed by atoms with Gasteiger partial charge < -0.3 is 14.6 Å². The molecule has 0 unspecified atom stereocenters. The van der Waals surface area contributed by atoms with Crippen LogP contribution < -0.4 is 9.47 Å². The first-order valence-electron chi connectivity index (χ1n) is 7.13. The first kappa shape index (κ1) is 17.9. The van der Waals surface area contributed by atoms with Crippen molar-refractivity contribution >= 4 is 35.0 Å². The van der Waals surface area contributed by atoms with Gasteiger partial charge in [0, 0.05) is 0 Å². The minimum Gasteiger partial charge on any atom is -0.493 e. The van der Waals surface area contributed by atoms with Crippen LogP contribution in [0, 0.1) is 0 Å². The van der Waals surface area contributed by atoms with Crippen LogP contribution in [0.4, 0.5) is 4.79 Å². The maximum absolute atomic E-state index is 12.1. The Morgan fingerprint density at radius 2 is 2.04 bits per heavy atom. The molecule has 1 saturated heterocycles. The lowest BCUT2D eigenvalue weighted by molar-refractivity contribution is -0.140. The predicted octanol–water partition coefficient (Wildman–Crippen LogP) is 2.60. The van der Waals surface area contributed by atoms with Crippen molar-refractivity contribution in [3.8, 4) is 11.5 Å². The van der Waals surface area contributed by atoms with E-state index in [-0.39, 0.29) is 11.0 Å². The van der Waals surface area contributed by atoms with Crippen LogP contribution in [0.5, 0.6) is 11.5 Å². The average Bonchev–Trinajstić information content (AvgIpc) is 2.75. The molecule has 7 nitrogen and oxygen atoms in total. The molecular weight excluding hydrogens is 334 g/mol. The SMILES string of the molecule is COc1cc(/C=C2/SC(=O)N(CC(=O)O)C2=O)ccc1OC(C)C. The molecular formula is C16H17NO6S. The van der Waals surface area contributed by atoms with Crippen molar-refractivity contribution in [1.82, 2.24) is 4.90 Å². The molecule has 0 spiro atoms. The van der Waals surface area contributed by atoms with Gasteiger partial charge in [-0.25, -0.2) is 0 Å². The summed E-state index contributed by atoms with van der Waals surface area (Å²) in [6, 6.07) is 5.13. The number of methoxy groups -OCH3 is 1. The zero-order chi connectivity index (χ0) is 17.9. The molecule has 0 aromatic heterocycles. The molecule has 0 atom stereocenters. The van der Waals surface area contributed by atoms with Crippen LogP contribution in [0.25, 0.3) is 6.08 Å². The summed E-state index contributed by atoms with van der Waals surface area (Å²) in [5, 5.41) is 8.15. The number of ether oxygens (including phenoxy) is 2. The van der Waals surface area contributed by atoms with Gasteiger partial charge in [-0.05, 0) is 49.4 Å². The fourth-order valence-corrected chi connectivity index (χ4v) is 2.89. The number of imide groups is 1. The highest BCUT2D eigenvalue weighted by Crippen LogP contribution is 2.34. The summed E-state index contributed by atoms with van der Waals surface area (Å²) in [5.41, 5.74) is 0.642. The monoisotopic (exact) mass is 351 g/mol. The van der Waals surface area contributed by atoms with Crippen LogP contribution in [0.2, 0.25) is 0 Å². The van der Waals surface area contributed by atoms with Crippen molar-refractivity contribution in [2.24, 2.45) is 0 Å². The summed E-state index contributed by atoms with van der Waals surface area (Å²) < 4.78 is 10.9. The van der Waals surface area contributed by atoms with Gasteiger partial charge in [0.15, 0.2) is 11.5 Å². The van der Waals surface area contributed by atoms with Crippen LogP contribution in [-0.2, 0) is 9.59 Å². The van der Waals surface area contributed by atoms with E-state index in [1.54, 1.807) is 18.2 Å². The van der Waals surface area contributed by atoms with Crippen molar-refractivity contribution < 1.29 is 29.0 Å². The quantitative estimate of drug-likeness (QED) is 0.787. The van der Waals surface area contributed by atoms with Crippen LogP contribution in [-0.4, -0.2) is 46.9 Å². The Labute approximate surface area is 143 Å². The molecule has 24 heavy (non-hydrogen) atoms. The Balaban J connectivity index is 2.26. The first-order valence-corrected chi connectivity index (χ1v) is 7.95. The van der Waals surface area contributed by atoms with Gasteiger partial charge in [-0.3, -0.25) is 19.3 Å². The Morgan fingerprint density at radius 3 is 2.62 bits per heavy atom. The number of thioether (sulfide) groups is 1. The van der Waals surface area contributed by atoms with Crippen molar-refractivity contribution in [2.45, 2.75) is 20.0 Å². The number of amides is 2. The molecule has 1 heterocycles. The topological polar surface area (TPSA) is 93.1 Å². The molecule has 1 N–H and O–H groups in total. The lowest BCUT2D eigenvalue weighted by atomic mass is 10.2. The van der Waals surface area contributed by atoms with Crippen LogP contribution in [0.1, 0.15) is 19.4 Å². The molecule has 0 aliphatic carbocycles. The Hall–Kier alpha value is -2.48. The molecule has 8 heteroatoms. The third-order valence-corrected chi connectivity index (χ3v) is 3.92. The average molecular weight is 351 g/mol. The molecule has 0 bridgehead atoms. The van der Waals surface area contributed by atoms with Crippen molar-refractivity contribution in [3.63, 3.8) is 0 Å². The second kappa shape index (κ2) is 7.39. The molecule has 1 aliphatic heterocycles. The van der Waals surface area contributed by atoms with Gasteiger partial charge in [0.25, 0.3) is 11.1 Å². The molecule has 0 radical (unpaired) electrons. The lowest BCUT2D eigenvalue weighted by Crippen LogP contribution is -2.33. The van der Waals surface area contributed by atoms with E-state index in [9.17, 15) is 14.4 Å². The largest absolute Gasteiger partial charge is 0.493 e. The number of aliphatic carboxylic acids is 1. The van der Waals surface area contributed by atoms with Gasteiger partial charge in [-0.1, -0.05) is 6.07 Å². The van der Waals surface area contributed by atoms with Crippen LogP contribution >= 0.6 is 11.8 Å². The maximum atomic E-state index is 12.1. The van der Waals surface area contributed by atoms with Crippen LogP contribution in [0.15, 0.2) is 23.1 Å². The molecule has 128 valence electrons. The fourth-order valence-electron chi connectivity index (χ4n) is 2.05. The van der Waals surface area contributed by atoms with Gasteiger partial charge >= 0.3 is 5.97 Å². The summed E-state index contributed by atoms with van der Waals surface area (Å²) in [6.45, 7) is 3.14. The molecule has 1 aromatic rings. The predicted molar refractivity (Wildman–Crippen MR) is 89.1 cm³/mol. The highest BCUT2D eigenvalue weighted by molar-refractivity contribution is 8.18. The highest BCUT2D eigenvalue weighted by Gasteiger charge is 2.36. The number of nitrogens with zero attached hydrogens (tertiary/aromatic N) is 1. The number of carbonyl (C=O) groups is 3. The zero-order valence-corrected chi connectivity index (χ0v) is 14.3. The van der Waals surface area contributed by atoms with E-state index < -0.39 is 23.7 Å². The molecule has 2 amide bonds. The number of hydrogen-bond donors (Lipinski definition) is 1. The molecule has 2 rings (SSSR count). The summed E-state index contributed by atoms with van der Waals surface area (Å²) in [4.78, 5) is 35.4. The fraction of sp³-hybridized carbons (Fsp3) is 0.312. The standard InChI is InChI=1S/C16H17NO6S/c1-9(2)23-11-5-4-10(6-12(11)22-3)7-13-15(20)17(8-14(18)19)16(21)24-13/h4-7,9H,8H2,1-3H3,(H,18,19)/b13-7+. The first-order chi connectivity index (χ1) is 11.3. The normalized spacial score (nSPS) is 16.2. The number of carboxylic acid groups (broad SMARTS) is 1. The van der Waals surface area contributed by atoms with E-state index >= 15 is 0 Å². The summed E-state index contributed by atoms with van der Waals surface area (Å²) >= 11 is 0.710. The van der Waals surface area contributed by atoms with Crippen LogP contribution in [0.3, 0.4) is 0 Å². The minimum absolute atomic E-state index is 0.0164. The number of benzene rings is 1. The minimum atomic E-state index is -1.24. The number of carboxylic acids is 1. The second-order valence-corrected chi connectivity index (χ2v) is 6.23. The molecule has 1 aliphatic rings.